The molecular formula is C11H9BrN4O4. The smallest absolute Gasteiger partial charge is 0.325 e. The number of nitro benzene ring substituents is 1. The number of nitrogen functional groups attached to an aromatic ring is 1. The molecule has 8 nitrogen and oxygen atoms in total. The third-order valence-corrected chi connectivity index (χ3v) is 2.66. The first kappa shape index (κ1) is 14.0. The fraction of sp³-hybridized carbons (Fsp3) is 0.0909. The van der Waals surface area contributed by atoms with Gasteiger partial charge >= 0.3 is 11.7 Å². The Labute approximate surface area is 121 Å². The number of ether oxygens (including phenoxy) is 2. The normalized spacial score (nSPS) is 10.1. The monoisotopic (exact) mass is 340 g/mol. The van der Waals surface area contributed by atoms with Crippen LogP contribution in [-0.4, -0.2) is 22.0 Å². The van der Waals surface area contributed by atoms with Crippen LogP contribution in [0.3, 0.4) is 0 Å². The number of hydrogen-bond acceptors (Lipinski definition) is 7. The van der Waals surface area contributed by atoms with Crippen molar-refractivity contribution in [2.24, 2.45) is 0 Å². The van der Waals surface area contributed by atoms with E-state index in [1.54, 1.807) is 0 Å². The van der Waals surface area contributed by atoms with Crippen LogP contribution in [0.2, 0.25) is 0 Å². The number of nitrogens with two attached hydrogens (primary N) is 1. The molecule has 0 amide bonds. The molecule has 0 aliphatic carbocycles. The largest absolute Gasteiger partial charge is 0.496 e. The maximum absolute atomic E-state index is 11.0. The van der Waals surface area contributed by atoms with Gasteiger partial charge in [-0.05, 0) is 28.1 Å². The molecule has 20 heavy (non-hydrogen) atoms. The lowest BCUT2D eigenvalue weighted by molar-refractivity contribution is -0.385. The van der Waals surface area contributed by atoms with Gasteiger partial charge in [0.25, 0.3) is 0 Å². The van der Waals surface area contributed by atoms with E-state index in [-0.39, 0.29) is 23.3 Å². The Hall–Kier alpha value is -2.42. The van der Waals surface area contributed by atoms with E-state index < -0.39 is 4.92 Å². The van der Waals surface area contributed by atoms with E-state index in [4.69, 9.17) is 15.2 Å². The molecule has 0 aliphatic rings. The second kappa shape index (κ2) is 5.70. The van der Waals surface area contributed by atoms with Crippen molar-refractivity contribution in [1.82, 2.24) is 9.97 Å². The van der Waals surface area contributed by atoms with Gasteiger partial charge in [0.05, 0.1) is 18.1 Å². The van der Waals surface area contributed by atoms with Crippen LogP contribution in [0.15, 0.2) is 28.9 Å². The molecule has 0 atom stereocenters. The number of aromatic nitrogens is 2. The van der Waals surface area contributed by atoms with Gasteiger partial charge in [-0.1, -0.05) is 0 Å². The molecule has 1 aromatic carbocycles. The highest BCUT2D eigenvalue weighted by molar-refractivity contribution is 9.10. The minimum absolute atomic E-state index is 0.00620. The van der Waals surface area contributed by atoms with E-state index in [1.807, 2.05) is 0 Å². The molecule has 9 heteroatoms. The molecule has 0 fully saturated rings. The van der Waals surface area contributed by atoms with Gasteiger partial charge in [0.2, 0.25) is 5.75 Å². The molecule has 0 saturated carbocycles. The summed E-state index contributed by atoms with van der Waals surface area (Å²) < 4.78 is 10.6. The average molecular weight is 341 g/mol. The van der Waals surface area contributed by atoms with Crippen molar-refractivity contribution < 1.29 is 14.4 Å². The van der Waals surface area contributed by atoms with Crippen molar-refractivity contribution >= 4 is 27.4 Å². The lowest BCUT2D eigenvalue weighted by Crippen LogP contribution is -1.99. The van der Waals surface area contributed by atoms with Gasteiger partial charge < -0.3 is 15.2 Å². The number of methoxy groups -OCH3 is 1. The van der Waals surface area contributed by atoms with E-state index in [0.717, 1.165) is 0 Å². The Balaban J connectivity index is 2.39. The van der Waals surface area contributed by atoms with Crippen LogP contribution in [0.5, 0.6) is 17.5 Å². The molecule has 0 unspecified atom stereocenters. The molecule has 2 rings (SSSR count). The number of halogens is 1. The minimum atomic E-state index is -0.584. The van der Waals surface area contributed by atoms with E-state index in [2.05, 4.69) is 25.9 Å². The van der Waals surface area contributed by atoms with E-state index in [0.29, 0.717) is 10.4 Å². The molecule has 0 aliphatic heterocycles. The number of rotatable bonds is 4. The lowest BCUT2D eigenvalue weighted by Gasteiger charge is -2.06. The fourth-order valence-electron chi connectivity index (χ4n) is 1.41. The van der Waals surface area contributed by atoms with Crippen molar-refractivity contribution in [2.45, 2.75) is 0 Å². The number of nitrogens with zero attached hydrogens (tertiary/aromatic N) is 3. The molecule has 2 N–H and O–H groups in total. The van der Waals surface area contributed by atoms with Gasteiger partial charge in [-0.2, -0.15) is 9.97 Å². The molecule has 2 aromatic rings. The number of hydrogen-bond donors (Lipinski definition) is 1. The summed E-state index contributed by atoms with van der Waals surface area (Å²) in [5.74, 6) is 0.519. The minimum Gasteiger partial charge on any atom is -0.496 e. The second-order valence-corrected chi connectivity index (χ2v) is 4.40. The summed E-state index contributed by atoms with van der Waals surface area (Å²) in [4.78, 5) is 18.2. The number of anilines is 1. The summed E-state index contributed by atoms with van der Waals surface area (Å²) in [5.41, 5.74) is 5.28. The Morgan fingerprint density at radius 1 is 1.35 bits per heavy atom. The molecule has 0 saturated heterocycles. The predicted molar refractivity (Wildman–Crippen MR) is 73.9 cm³/mol. The highest BCUT2D eigenvalue weighted by Crippen LogP contribution is 2.33. The topological polar surface area (TPSA) is 113 Å². The van der Waals surface area contributed by atoms with Crippen LogP contribution in [0, 0.1) is 10.1 Å². The molecular weight excluding hydrogens is 332 g/mol. The van der Waals surface area contributed by atoms with E-state index in [9.17, 15) is 10.1 Å². The van der Waals surface area contributed by atoms with Gasteiger partial charge in [-0.25, -0.2) is 0 Å². The molecule has 0 bridgehead atoms. The molecule has 1 heterocycles. The highest BCUT2D eigenvalue weighted by atomic mass is 79.9. The molecule has 0 radical (unpaired) electrons. The molecule has 0 spiro atoms. The summed E-state index contributed by atoms with van der Waals surface area (Å²) in [6, 6.07) is 5.57. The summed E-state index contributed by atoms with van der Waals surface area (Å²) in [7, 11) is 1.41. The summed E-state index contributed by atoms with van der Waals surface area (Å²) in [6.07, 6.45) is 0. The fourth-order valence-corrected chi connectivity index (χ4v) is 1.80. The van der Waals surface area contributed by atoms with E-state index in [1.165, 1.54) is 31.4 Å². The Morgan fingerprint density at radius 3 is 2.70 bits per heavy atom. The first-order valence-electron chi connectivity index (χ1n) is 5.30. The molecule has 104 valence electrons. The third kappa shape index (κ3) is 3.12. The van der Waals surface area contributed by atoms with Gasteiger partial charge in [0.1, 0.15) is 16.2 Å². The van der Waals surface area contributed by atoms with Gasteiger partial charge in [0, 0.05) is 6.07 Å². The zero-order valence-electron chi connectivity index (χ0n) is 10.2. The van der Waals surface area contributed by atoms with E-state index >= 15 is 0 Å². The van der Waals surface area contributed by atoms with Crippen LogP contribution in [0.1, 0.15) is 0 Å². The average Bonchev–Trinajstić information content (AvgIpc) is 2.37. The Morgan fingerprint density at radius 2 is 2.10 bits per heavy atom. The van der Waals surface area contributed by atoms with Crippen molar-refractivity contribution in [3.8, 4) is 17.5 Å². The van der Waals surface area contributed by atoms with Crippen LogP contribution in [0.4, 0.5) is 11.5 Å². The lowest BCUT2D eigenvalue weighted by atomic mass is 10.3. The summed E-state index contributed by atoms with van der Waals surface area (Å²) in [5, 5.41) is 11.0. The van der Waals surface area contributed by atoms with Crippen LogP contribution < -0.4 is 15.2 Å². The maximum Gasteiger partial charge on any atom is 0.325 e. The first-order valence-corrected chi connectivity index (χ1v) is 6.09. The van der Waals surface area contributed by atoms with Crippen molar-refractivity contribution in [1.29, 1.82) is 0 Å². The maximum atomic E-state index is 11.0. The quantitative estimate of drug-likeness (QED) is 0.516. The summed E-state index contributed by atoms with van der Waals surface area (Å²) >= 11 is 3.13. The number of benzene rings is 1. The zero-order chi connectivity index (χ0) is 14.7. The Kier molecular flexibility index (Phi) is 3.99. The second-order valence-electron chi connectivity index (χ2n) is 3.59. The van der Waals surface area contributed by atoms with Crippen molar-refractivity contribution in [3.05, 3.63) is 39.0 Å². The molecule has 1 aromatic heterocycles. The third-order valence-electron chi connectivity index (χ3n) is 2.26. The van der Waals surface area contributed by atoms with Crippen molar-refractivity contribution in [2.75, 3.05) is 12.8 Å². The van der Waals surface area contributed by atoms with Gasteiger partial charge in [0.15, 0.2) is 0 Å². The number of nitro groups is 1. The summed E-state index contributed by atoms with van der Waals surface area (Å²) in [6.45, 7) is 0. The van der Waals surface area contributed by atoms with Crippen LogP contribution in [0.25, 0.3) is 0 Å². The first-order chi connectivity index (χ1) is 9.49. The Bertz CT molecular complexity index is 645. The zero-order valence-corrected chi connectivity index (χ0v) is 11.8. The van der Waals surface area contributed by atoms with Gasteiger partial charge in [-0.15, -0.1) is 0 Å². The SMILES string of the molecule is COc1ccc(Oc2nc(N)cc(Br)n2)c([N+](=O)[O-])c1. The van der Waals surface area contributed by atoms with Crippen LogP contribution in [-0.2, 0) is 0 Å². The highest BCUT2D eigenvalue weighted by Gasteiger charge is 2.18. The predicted octanol–water partition coefficient (Wildman–Crippen LogP) is 2.53. The van der Waals surface area contributed by atoms with Gasteiger partial charge in [-0.3, -0.25) is 10.1 Å². The van der Waals surface area contributed by atoms with Crippen molar-refractivity contribution in [3.63, 3.8) is 0 Å². The van der Waals surface area contributed by atoms with Crippen LogP contribution >= 0.6 is 15.9 Å². The standard InChI is InChI=1S/C11H9BrN4O4/c1-19-6-2-3-8(7(4-6)16(17)18)20-11-14-9(12)5-10(13)15-11/h2-5H,1H3,(H2,13,14,15).